The van der Waals surface area contributed by atoms with Crippen LogP contribution in [0.2, 0.25) is 5.28 Å². The van der Waals surface area contributed by atoms with E-state index in [1.165, 1.54) is 39.0 Å². The van der Waals surface area contributed by atoms with Crippen LogP contribution in [0.15, 0.2) is 47.6 Å². The molecule has 2 radical (unpaired) electrons. The van der Waals surface area contributed by atoms with Gasteiger partial charge >= 0.3 is 0 Å². The molecule has 0 N–H and O–H groups in total. The second kappa shape index (κ2) is 5.70. The third-order valence-electron chi connectivity index (χ3n) is 4.54. The van der Waals surface area contributed by atoms with Crippen LogP contribution in [0, 0.1) is 0 Å². The minimum atomic E-state index is 0.0591. The summed E-state index contributed by atoms with van der Waals surface area (Å²) < 4.78 is 2.59. The molecule has 4 heteroatoms. The Labute approximate surface area is 149 Å². The number of benzene rings is 1. The maximum Gasteiger partial charge on any atom is 0.118 e. The van der Waals surface area contributed by atoms with Crippen LogP contribution < -0.4 is 0 Å². The quantitative estimate of drug-likeness (QED) is 0.626. The van der Waals surface area contributed by atoms with Crippen LogP contribution in [0.25, 0.3) is 22.0 Å². The highest BCUT2D eigenvalue weighted by Crippen LogP contribution is 2.55. The molecular weight excluding hydrogens is 315 g/mol. The predicted molar refractivity (Wildman–Crippen MR) is 99.2 cm³/mol. The fourth-order valence-corrected chi connectivity index (χ4v) is 5.13. The van der Waals surface area contributed by atoms with Crippen LogP contribution >= 0.6 is 11.8 Å². The van der Waals surface area contributed by atoms with Gasteiger partial charge in [0.05, 0.1) is 10.3 Å². The van der Waals surface area contributed by atoms with Crippen molar-refractivity contribution in [1.82, 2.24) is 9.55 Å². The van der Waals surface area contributed by atoms with E-state index in [9.17, 15) is 0 Å². The number of pyridine rings is 1. The van der Waals surface area contributed by atoms with Gasteiger partial charge in [-0.25, -0.2) is 0 Å². The van der Waals surface area contributed by atoms with Gasteiger partial charge < -0.3 is 4.57 Å². The monoisotopic (exact) mass is 334 g/mol. The summed E-state index contributed by atoms with van der Waals surface area (Å²) in [6, 6.07) is 10.9. The molecule has 0 amide bonds. The van der Waals surface area contributed by atoms with Gasteiger partial charge in [-0.3, -0.25) is 4.98 Å². The minimum absolute atomic E-state index is 0.0591. The van der Waals surface area contributed by atoms with E-state index >= 15 is 0 Å². The first-order chi connectivity index (χ1) is 11.1. The van der Waals surface area contributed by atoms with Gasteiger partial charge in [0.2, 0.25) is 0 Å². The average Bonchev–Trinajstić information content (AvgIpc) is 2.88. The molecule has 0 saturated heterocycles. The number of fused-ring (bicyclic) bond motifs is 5. The highest BCUT2D eigenvalue weighted by atomic mass is 32.2. The van der Waals surface area contributed by atoms with Gasteiger partial charge in [0, 0.05) is 40.5 Å². The molecule has 23 heavy (non-hydrogen) atoms. The number of rotatable bonds is 3. The van der Waals surface area contributed by atoms with Crippen molar-refractivity contribution >= 4 is 39.0 Å². The number of aromatic nitrogens is 2. The fourth-order valence-electron chi connectivity index (χ4n) is 3.66. The third kappa shape index (κ3) is 2.36. The summed E-state index contributed by atoms with van der Waals surface area (Å²) in [6.45, 7) is 5.75. The van der Waals surface area contributed by atoms with Crippen molar-refractivity contribution in [2.24, 2.45) is 0 Å². The maximum atomic E-state index is 4.41. The van der Waals surface area contributed by atoms with Gasteiger partial charge in [-0.2, -0.15) is 0 Å². The Hall–Kier alpha value is -1.21. The highest BCUT2D eigenvalue weighted by molar-refractivity contribution is 8.00. The van der Waals surface area contributed by atoms with Crippen molar-refractivity contribution in [1.29, 1.82) is 0 Å². The number of aryl methyl sites for hydroxylation is 1. The second-order valence-electron chi connectivity index (χ2n) is 6.52. The topological polar surface area (TPSA) is 17.8 Å². The Balaban J connectivity index is 2.10. The Bertz CT molecular complexity index is 882. The molecule has 1 aromatic carbocycles. The normalized spacial score (nSPS) is 15.4. The van der Waals surface area contributed by atoms with Crippen molar-refractivity contribution in [2.45, 2.75) is 41.7 Å². The Morgan fingerprint density at radius 3 is 2.87 bits per heavy atom. The van der Waals surface area contributed by atoms with Gasteiger partial charge in [-0.15, -0.1) is 17.0 Å². The molecule has 2 nitrogen and oxygen atoms in total. The predicted octanol–water partition coefficient (Wildman–Crippen LogP) is 5.02. The molecule has 114 valence electrons. The first-order valence-corrected chi connectivity index (χ1v) is 9.72. The molecule has 4 rings (SSSR count). The van der Waals surface area contributed by atoms with Crippen molar-refractivity contribution in [3.8, 4) is 11.1 Å². The summed E-state index contributed by atoms with van der Waals surface area (Å²) in [5.41, 5.74) is 5.50. The number of nitrogens with zero attached hydrogens (tertiary/aromatic N) is 2. The zero-order chi connectivity index (χ0) is 16.0. The lowest BCUT2D eigenvalue weighted by molar-refractivity contribution is 0.616. The Morgan fingerprint density at radius 1 is 1.22 bits per heavy atom. The summed E-state index contributed by atoms with van der Waals surface area (Å²) in [4.78, 5) is 5.79. The van der Waals surface area contributed by atoms with E-state index < -0.39 is 0 Å². The number of thioether (sulfide) groups is 1. The molecule has 0 saturated carbocycles. The molecule has 0 spiro atoms. The molecule has 1 aliphatic heterocycles. The van der Waals surface area contributed by atoms with E-state index in [1.54, 1.807) is 0 Å². The third-order valence-corrected chi connectivity index (χ3v) is 6.23. The van der Waals surface area contributed by atoms with Gasteiger partial charge in [-0.05, 0) is 38.0 Å². The Kier molecular flexibility index (Phi) is 3.80. The second-order valence-corrected chi connectivity index (χ2v) is 8.76. The molecule has 3 aromatic rings. The molecule has 1 aliphatic rings. The molecule has 0 fully saturated rings. The van der Waals surface area contributed by atoms with E-state index in [0.717, 1.165) is 11.8 Å². The lowest BCUT2D eigenvalue weighted by Gasteiger charge is -2.33. The number of hydrogen-bond acceptors (Lipinski definition) is 2. The maximum absolute atomic E-state index is 4.41. The molecule has 0 atom stereocenters. The van der Waals surface area contributed by atoms with Gasteiger partial charge in [0.25, 0.3) is 0 Å². The fraction of sp³-hybridized carbons (Fsp3) is 0.316. The summed E-state index contributed by atoms with van der Waals surface area (Å²) in [5, 5.41) is 2.41. The first kappa shape index (κ1) is 15.3. The molecule has 0 aliphatic carbocycles. The lowest BCUT2D eigenvalue weighted by Crippen LogP contribution is -2.21. The Morgan fingerprint density at radius 2 is 2.04 bits per heavy atom. The molecule has 0 unspecified atom stereocenters. The zero-order valence-corrected chi connectivity index (χ0v) is 15.5. The van der Waals surface area contributed by atoms with Crippen molar-refractivity contribution in [2.75, 3.05) is 0 Å². The standard InChI is InChI=1S/C19H19N2S.Al/c1-4-11-21-15-9-10-20-12-14(15)17-13-7-5-6-8-16(13)22-19(2,3)18(17)21;/h5-10,12H,1,4,11H2,2-3H3;. The van der Waals surface area contributed by atoms with Crippen LogP contribution in [0.1, 0.15) is 26.0 Å². The van der Waals surface area contributed by atoms with Crippen LogP contribution in [-0.4, -0.2) is 25.8 Å². The van der Waals surface area contributed by atoms with Crippen molar-refractivity contribution in [3.63, 3.8) is 0 Å². The van der Waals surface area contributed by atoms with Crippen LogP contribution in [0.4, 0.5) is 0 Å². The van der Waals surface area contributed by atoms with Crippen molar-refractivity contribution < 1.29 is 0 Å². The zero-order valence-electron chi connectivity index (χ0n) is 13.5. The van der Waals surface area contributed by atoms with Gasteiger partial charge in [0.15, 0.2) is 0 Å². The smallest absolute Gasteiger partial charge is 0.118 e. The van der Waals surface area contributed by atoms with E-state index in [1.807, 2.05) is 24.2 Å². The number of hydrogen-bond donors (Lipinski definition) is 0. The highest BCUT2D eigenvalue weighted by Gasteiger charge is 2.36. The molecule has 0 bridgehead atoms. The van der Waals surface area contributed by atoms with Gasteiger partial charge in [-0.1, -0.05) is 18.2 Å². The van der Waals surface area contributed by atoms with E-state index in [4.69, 9.17) is 0 Å². The average molecular weight is 334 g/mol. The van der Waals surface area contributed by atoms with Gasteiger partial charge in [0.1, 0.15) is 16.3 Å². The van der Waals surface area contributed by atoms with Crippen LogP contribution in [0.5, 0.6) is 0 Å². The summed E-state index contributed by atoms with van der Waals surface area (Å²) in [7, 11) is 0. The molecule has 3 heterocycles. The largest absolute Gasteiger partial charge is 0.343 e. The first-order valence-electron chi connectivity index (χ1n) is 8.08. The molecular formula is C19H19AlN2S. The lowest BCUT2D eigenvalue weighted by atomic mass is 9.96. The molecule has 2 aromatic heterocycles. The summed E-state index contributed by atoms with van der Waals surface area (Å²) >= 11 is 4.82. The minimum Gasteiger partial charge on any atom is -0.343 e. The van der Waals surface area contributed by atoms with Crippen LogP contribution in [0.3, 0.4) is 0 Å². The van der Waals surface area contributed by atoms with E-state index in [-0.39, 0.29) is 4.75 Å². The summed E-state index contributed by atoms with van der Waals surface area (Å²) in [5.74, 6) is 0. The van der Waals surface area contributed by atoms with E-state index in [2.05, 4.69) is 70.0 Å². The SMILES string of the molecule is CC1(C)Sc2ccccc2-c2c1n(CC[CH2][Al])c1ccncc21. The van der Waals surface area contributed by atoms with Crippen molar-refractivity contribution in [3.05, 3.63) is 48.4 Å². The van der Waals surface area contributed by atoms with E-state index in [0.29, 0.717) is 0 Å². The van der Waals surface area contributed by atoms with Crippen LogP contribution in [-0.2, 0) is 11.3 Å². The summed E-state index contributed by atoms with van der Waals surface area (Å²) in [6.07, 6.45) is 5.12.